The van der Waals surface area contributed by atoms with Gasteiger partial charge in [-0.1, -0.05) is 26.8 Å². The molecule has 0 bridgehead atoms. The first-order chi connectivity index (χ1) is 9.51. The molecule has 1 atom stereocenters. The summed E-state index contributed by atoms with van der Waals surface area (Å²) in [4.78, 5) is 0. The van der Waals surface area contributed by atoms with Crippen molar-refractivity contribution in [1.29, 1.82) is 0 Å². The van der Waals surface area contributed by atoms with Gasteiger partial charge in [-0.15, -0.1) is 0 Å². The highest BCUT2D eigenvalue weighted by Crippen LogP contribution is 2.40. The fourth-order valence-corrected chi connectivity index (χ4v) is 2.65. The fraction of sp³-hybridized carbons (Fsp3) is 0.412. The van der Waals surface area contributed by atoms with Gasteiger partial charge in [0.15, 0.2) is 0 Å². The van der Waals surface area contributed by atoms with E-state index in [9.17, 15) is 0 Å². The van der Waals surface area contributed by atoms with Crippen molar-refractivity contribution in [2.24, 2.45) is 5.73 Å². The Morgan fingerprint density at radius 1 is 1.25 bits per heavy atom. The second-order valence-corrected chi connectivity index (χ2v) is 6.06. The molecule has 0 saturated carbocycles. The summed E-state index contributed by atoms with van der Waals surface area (Å²) in [6.45, 7) is 7.18. The van der Waals surface area contributed by atoms with Crippen molar-refractivity contribution >= 4 is 0 Å². The van der Waals surface area contributed by atoms with Gasteiger partial charge in [-0.25, -0.2) is 0 Å². The van der Waals surface area contributed by atoms with Gasteiger partial charge in [-0.3, -0.25) is 0 Å². The molecule has 3 rings (SSSR count). The van der Waals surface area contributed by atoms with Crippen molar-refractivity contribution in [3.8, 4) is 5.75 Å². The number of nitrogens with two attached hydrogens (primary N) is 1. The summed E-state index contributed by atoms with van der Waals surface area (Å²) >= 11 is 0. The van der Waals surface area contributed by atoms with Gasteiger partial charge >= 0.3 is 0 Å². The second-order valence-electron chi connectivity index (χ2n) is 6.06. The minimum absolute atomic E-state index is 0.0445. The molecule has 1 aliphatic heterocycles. The first-order valence-electron chi connectivity index (χ1n) is 7.12. The van der Waals surface area contributed by atoms with Crippen LogP contribution in [-0.2, 0) is 11.8 Å². The molecule has 20 heavy (non-hydrogen) atoms. The summed E-state index contributed by atoms with van der Waals surface area (Å²) in [5, 5.41) is 0. The van der Waals surface area contributed by atoms with Gasteiger partial charge in [0.25, 0.3) is 0 Å². The monoisotopic (exact) mass is 271 g/mol. The van der Waals surface area contributed by atoms with E-state index in [1.165, 1.54) is 5.56 Å². The molecule has 0 spiro atoms. The predicted molar refractivity (Wildman–Crippen MR) is 79.1 cm³/mol. The van der Waals surface area contributed by atoms with E-state index in [2.05, 4.69) is 26.8 Å². The molecule has 0 fully saturated rings. The van der Waals surface area contributed by atoms with E-state index in [4.69, 9.17) is 14.9 Å². The van der Waals surface area contributed by atoms with Gasteiger partial charge in [0, 0.05) is 17.4 Å². The summed E-state index contributed by atoms with van der Waals surface area (Å²) in [6.07, 6.45) is 0.887. The van der Waals surface area contributed by atoms with E-state index in [0.29, 0.717) is 0 Å². The van der Waals surface area contributed by atoms with Crippen LogP contribution in [0.4, 0.5) is 0 Å². The lowest BCUT2D eigenvalue weighted by molar-refractivity contribution is 0.291. The minimum atomic E-state index is -0.225. The Morgan fingerprint density at radius 3 is 2.75 bits per heavy atom. The van der Waals surface area contributed by atoms with Crippen molar-refractivity contribution in [3.05, 3.63) is 53.0 Å². The van der Waals surface area contributed by atoms with Gasteiger partial charge < -0.3 is 14.9 Å². The summed E-state index contributed by atoms with van der Waals surface area (Å²) < 4.78 is 11.5. The quantitative estimate of drug-likeness (QED) is 0.928. The third-order valence-electron chi connectivity index (χ3n) is 4.02. The van der Waals surface area contributed by atoms with Crippen LogP contribution in [0.1, 0.15) is 49.5 Å². The Bertz CT molecular complexity index is 628. The van der Waals surface area contributed by atoms with Crippen LogP contribution in [0.2, 0.25) is 0 Å². The maximum Gasteiger partial charge on any atom is 0.125 e. The standard InChI is InChI=1S/C17H21NO2/c1-4-12-6-8-15(20-12)16(18)11-5-7-14-13(9-11)17(2,3)10-19-14/h5-9,16H,4,10,18H2,1-3H3. The average Bonchev–Trinajstić information content (AvgIpc) is 3.03. The van der Waals surface area contributed by atoms with E-state index < -0.39 is 0 Å². The van der Waals surface area contributed by atoms with Gasteiger partial charge in [0.1, 0.15) is 17.3 Å². The van der Waals surface area contributed by atoms with Crippen LogP contribution in [0.15, 0.2) is 34.7 Å². The number of aryl methyl sites for hydroxylation is 1. The number of hydrogen-bond donors (Lipinski definition) is 1. The highest BCUT2D eigenvalue weighted by atomic mass is 16.5. The lowest BCUT2D eigenvalue weighted by Gasteiger charge is -2.17. The molecule has 0 radical (unpaired) electrons. The van der Waals surface area contributed by atoms with Gasteiger partial charge in [0.05, 0.1) is 12.6 Å². The number of hydrogen-bond acceptors (Lipinski definition) is 3. The summed E-state index contributed by atoms with van der Waals surface area (Å²) in [5.41, 5.74) is 8.68. The van der Waals surface area contributed by atoms with Crippen molar-refractivity contribution in [3.63, 3.8) is 0 Å². The lowest BCUT2D eigenvalue weighted by atomic mass is 9.85. The van der Waals surface area contributed by atoms with Crippen LogP contribution in [0.3, 0.4) is 0 Å². The van der Waals surface area contributed by atoms with Crippen LogP contribution >= 0.6 is 0 Å². The van der Waals surface area contributed by atoms with Crippen LogP contribution in [0, 0.1) is 0 Å². The van der Waals surface area contributed by atoms with E-state index in [-0.39, 0.29) is 11.5 Å². The molecule has 3 nitrogen and oxygen atoms in total. The normalized spacial score (nSPS) is 17.6. The first kappa shape index (κ1) is 13.3. The molecule has 3 heteroatoms. The SMILES string of the molecule is CCc1ccc(C(N)c2ccc3c(c2)C(C)(C)CO3)o1. The van der Waals surface area contributed by atoms with E-state index >= 15 is 0 Å². The number of furan rings is 1. The van der Waals surface area contributed by atoms with Crippen LogP contribution < -0.4 is 10.5 Å². The molecule has 1 aromatic carbocycles. The number of fused-ring (bicyclic) bond motifs is 1. The molecule has 1 aliphatic rings. The number of ether oxygens (including phenoxy) is 1. The molecule has 2 aromatic rings. The largest absolute Gasteiger partial charge is 0.492 e. The maximum absolute atomic E-state index is 6.33. The van der Waals surface area contributed by atoms with E-state index in [1.807, 2.05) is 24.3 Å². The third kappa shape index (κ3) is 2.12. The third-order valence-corrected chi connectivity index (χ3v) is 4.02. The Labute approximate surface area is 119 Å². The van der Waals surface area contributed by atoms with E-state index in [1.54, 1.807) is 0 Å². The topological polar surface area (TPSA) is 48.4 Å². The van der Waals surface area contributed by atoms with E-state index in [0.717, 1.165) is 35.9 Å². The molecule has 2 heterocycles. The van der Waals surface area contributed by atoms with Gasteiger partial charge in [-0.2, -0.15) is 0 Å². The zero-order chi connectivity index (χ0) is 14.3. The summed E-state index contributed by atoms with van der Waals surface area (Å²) in [6, 6.07) is 9.94. The number of rotatable bonds is 3. The second kappa shape index (κ2) is 4.67. The van der Waals surface area contributed by atoms with Crippen LogP contribution in [-0.4, -0.2) is 6.61 Å². The van der Waals surface area contributed by atoms with Gasteiger partial charge in [0.2, 0.25) is 0 Å². The molecule has 1 aromatic heterocycles. The highest BCUT2D eigenvalue weighted by Gasteiger charge is 2.32. The molecule has 2 N–H and O–H groups in total. The molecule has 0 amide bonds. The smallest absolute Gasteiger partial charge is 0.125 e. The fourth-order valence-electron chi connectivity index (χ4n) is 2.65. The van der Waals surface area contributed by atoms with Gasteiger partial charge in [-0.05, 0) is 29.8 Å². The average molecular weight is 271 g/mol. The number of benzene rings is 1. The maximum atomic E-state index is 6.33. The van der Waals surface area contributed by atoms with Crippen molar-refractivity contribution in [2.75, 3.05) is 6.61 Å². The van der Waals surface area contributed by atoms with Crippen LogP contribution in [0.25, 0.3) is 0 Å². The molecule has 0 aliphatic carbocycles. The molecular formula is C17H21NO2. The minimum Gasteiger partial charge on any atom is -0.492 e. The summed E-state index contributed by atoms with van der Waals surface area (Å²) in [5.74, 6) is 2.76. The zero-order valence-corrected chi connectivity index (χ0v) is 12.3. The molecule has 106 valence electrons. The first-order valence-corrected chi connectivity index (χ1v) is 7.12. The Balaban J connectivity index is 1.95. The van der Waals surface area contributed by atoms with Crippen molar-refractivity contribution in [2.45, 2.75) is 38.6 Å². The molecular weight excluding hydrogens is 250 g/mol. The highest BCUT2D eigenvalue weighted by molar-refractivity contribution is 5.46. The van der Waals surface area contributed by atoms with Crippen molar-refractivity contribution < 1.29 is 9.15 Å². The Hall–Kier alpha value is -1.74. The Morgan fingerprint density at radius 2 is 2.05 bits per heavy atom. The molecule has 0 saturated heterocycles. The van der Waals surface area contributed by atoms with Crippen LogP contribution in [0.5, 0.6) is 5.75 Å². The summed E-state index contributed by atoms with van der Waals surface area (Å²) in [7, 11) is 0. The lowest BCUT2D eigenvalue weighted by Crippen LogP contribution is -2.19. The Kier molecular flexibility index (Phi) is 3.09. The zero-order valence-electron chi connectivity index (χ0n) is 12.3. The van der Waals surface area contributed by atoms with Crippen molar-refractivity contribution in [1.82, 2.24) is 0 Å². The predicted octanol–water partition coefficient (Wildman–Crippen LogP) is 3.56. The molecule has 1 unspecified atom stereocenters.